The molecule has 2 heterocycles. The average Bonchev–Trinajstić information content (AvgIpc) is 3.48. The van der Waals surface area contributed by atoms with Gasteiger partial charge in [0.2, 0.25) is 11.8 Å². The fourth-order valence-corrected chi connectivity index (χ4v) is 6.44. The van der Waals surface area contributed by atoms with Crippen LogP contribution in [0.2, 0.25) is 0 Å². The number of hydrogen-bond acceptors (Lipinski definition) is 8. The summed E-state index contributed by atoms with van der Waals surface area (Å²) in [7, 11) is 0. The number of carboxylic acids is 1. The molecule has 0 bridgehead atoms. The van der Waals surface area contributed by atoms with Gasteiger partial charge >= 0.3 is 5.97 Å². The molecule has 1 aromatic heterocycles. The van der Waals surface area contributed by atoms with Crippen molar-refractivity contribution in [3.63, 3.8) is 0 Å². The molecular formula is C29H23NO9. The van der Waals surface area contributed by atoms with Crippen LogP contribution >= 0.6 is 0 Å². The van der Waals surface area contributed by atoms with Gasteiger partial charge in [-0.05, 0) is 56.0 Å². The normalized spacial score (nSPS) is 26.3. The van der Waals surface area contributed by atoms with Gasteiger partial charge in [0, 0.05) is 22.8 Å². The Balaban J connectivity index is 1.45. The van der Waals surface area contributed by atoms with Gasteiger partial charge in [-0.25, -0.2) is 9.69 Å². The van der Waals surface area contributed by atoms with Gasteiger partial charge in [0.05, 0.1) is 23.4 Å². The maximum absolute atomic E-state index is 13.8. The number of Topliss-reactive ketones (excluding diaryl/α,β-unsaturated/α-hetero) is 1. The number of aliphatic hydroxyl groups excluding tert-OH is 1. The first-order chi connectivity index (χ1) is 18.6. The van der Waals surface area contributed by atoms with E-state index in [1.165, 1.54) is 12.1 Å². The number of anilines is 1. The van der Waals surface area contributed by atoms with Gasteiger partial charge in [-0.2, -0.15) is 0 Å². The molecule has 1 saturated heterocycles. The molecule has 2 aromatic rings. The number of ketones is 2. The van der Waals surface area contributed by atoms with Crippen molar-refractivity contribution in [3.05, 3.63) is 81.9 Å². The van der Waals surface area contributed by atoms with E-state index in [0.29, 0.717) is 11.3 Å². The molecule has 39 heavy (non-hydrogen) atoms. The Morgan fingerprint density at radius 3 is 2.51 bits per heavy atom. The number of carbonyl (C=O) groups excluding carboxylic acids is 4. The van der Waals surface area contributed by atoms with Gasteiger partial charge in [0.1, 0.15) is 29.4 Å². The second-order valence-corrected chi connectivity index (χ2v) is 10.2. The van der Waals surface area contributed by atoms with E-state index >= 15 is 0 Å². The largest absolute Gasteiger partial charge is 0.507 e. The molecule has 1 aromatic carbocycles. The van der Waals surface area contributed by atoms with Crippen LogP contribution in [0.25, 0.3) is 0 Å². The molecule has 4 aliphatic rings. The number of furan rings is 1. The third-order valence-corrected chi connectivity index (χ3v) is 8.15. The van der Waals surface area contributed by atoms with Gasteiger partial charge in [0.25, 0.3) is 0 Å². The Labute approximate surface area is 221 Å². The highest BCUT2D eigenvalue weighted by atomic mass is 16.4. The maximum atomic E-state index is 13.8. The lowest BCUT2D eigenvalue weighted by molar-refractivity contribution is -0.123. The summed E-state index contributed by atoms with van der Waals surface area (Å²) in [6.07, 6.45) is 3.44. The lowest BCUT2D eigenvalue weighted by atomic mass is 9.60. The monoisotopic (exact) mass is 529 g/mol. The molecule has 6 rings (SSSR count). The fraction of sp³-hybridized carbons (Fsp3) is 0.276. The number of amides is 2. The summed E-state index contributed by atoms with van der Waals surface area (Å²) in [5, 5.41) is 28.9. The van der Waals surface area contributed by atoms with Crippen LogP contribution in [0.15, 0.2) is 69.2 Å². The molecule has 1 aliphatic heterocycles. The van der Waals surface area contributed by atoms with Crippen LogP contribution in [0.3, 0.4) is 0 Å². The third kappa shape index (κ3) is 3.55. The van der Waals surface area contributed by atoms with Gasteiger partial charge in [-0.15, -0.1) is 0 Å². The molecule has 1 fully saturated rings. The molecule has 10 nitrogen and oxygen atoms in total. The Morgan fingerprint density at radius 2 is 1.85 bits per heavy atom. The topological polar surface area (TPSA) is 162 Å². The number of aromatic carboxylic acids is 1. The SMILES string of the molecule is CC1=CC(=O)C2=C(CC3C(=CCC4C(=O)N(c5ccc(C(=O)O)c(O)c5)C(=O)C43)C2c2ccc(CO)o2)C1=O. The molecule has 0 radical (unpaired) electrons. The summed E-state index contributed by atoms with van der Waals surface area (Å²) in [5.74, 6) is -5.81. The van der Waals surface area contributed by atoms with Crippen LogP contribution in [0.4, 0.5) is 5.69 Å². The van der Waals surface area contributed by atoms with E-state index < -0.39 is 47.2 Å². The number of fused-ring (bicyclic) bond motifs is 3. The second-order valence-electron chi connectivity index (χ2n) is 10.2. The molecule has 10 heteroatoms. The van der Waals surface area contributed by atoms with Crippen molar-refractivity contribution in [2.24, 2.45) is 17.8 Å². The summed E-state index contributed by atoms with van der Waals surface area (Å²) in [4.78, 5) is 66.1. The van der Waals surface area contributed by atoms with Gasteiger partial charge in [-0.1, -0.05) is 11.6 Å². The first-order valence-electron chi connectivity index (χ1n) is 12.5. The van der Waals surface area contributed by atoms with Crippen molar-refractivity contribution in [1.29, 1.82) is 0 Å². The number of nitrogens with zero attached hydrogens (tertiary/aromatic N) is 1. The summed E-state index contributed by atoms with van der Waals surface area (Å²) < 4.78 is 5.83. The molecule has 4 unspecified atom stereocenters. The first-order valence-corrected chi connectivity index (χ1v) is 12.5. The number of hydrogen-bond donors (Lipinski definition) is 3. The minimum Gasteiger partial charge on any atom is -0.507 e. The van der Waals surface area contributed by atoms with Crippen molar-refractivity contribution in [1.82, 2.24) is 0 Å². The predicted octanol–water partition coefficient (Wildman–Crippen LogP) is 2.81. The summed E-state index contributed by atoms with van der Waals surface area (Å²) >= 11 is 0. The van der Waals surface area contributed by atoms with E-state index in [1.807, 2.05) is 6.08 Å². The highest BCUT2D eigenvalue weighted by Gasteiger charge is 2.57. The highest BCUT2D eigenvalue weighted by molar-refractivity contribution is 6.25. The van der Waals surface area contributed by atoms with Crippen LogP contribution in [0, 0.1) is 17.8 Å². The van der Waals surface area contributed by atoms with Crippen molar-refractivity contribution < 1.29 is 43.7 Å². The Hall–Kier alpha value is -4.57. The number of phenols is 1. The highest BCUT2D eigenvalue weighted by Crippen LogP contribution is 2.55. The second kappa shape index (κ2) is 8.74. The van der Waals surface area contributed by atoms with Crippen molar-refractivity contribution >= 4 is 35.0 Å². The molecular weight excluding hydrogens is 506 g/mol. The number of benzene rings is 1. The number of carbonyl (C=O) groups is 5. The van der Waals surface area contributed by atoms with Crippen LogP contribution in [0.5, 0.6) is 5.75 Å². The van der Waals surface area contributed by atoms with Crippen LogP contribution in [-0.2, 0) is 25.8 Å². The summed E-state index contributed by atoms with van der Waals surface area (Å²) in [6, 6.07) is 6.72. The average molecular weight is 530 g/mol. The quantitative estimate of drug-likeness (QED) is 0.307. The van der Waals surface area contributed by atoms with E-state index in [4.69, 9.17) is 4.42 Å². The van der Waals surface area contributed by atoms with Crippen LogP contribution < -0.4 is 4.90 Å². The van der Waals surface area contributed by atoms with E-state index in [2.05, 4.69) is 0 Å². The maximum Gasteiger partial charge on any atom is 0.339 e. The molecule has 3 aliphatic carbocycles. The minimum absolute atomic E-state index is 0.0528. The number of allylic oxidation sites excluding steroid dienone is 6. The number of rotatable bonds is 4. The van der Waals surface area contributed by atoms with E-state index in [1.54, 1.807) is 19.1 Å². The Bertz CT molecular complexity index is 1600. The predicted molar refractivity (Wildman–Crippen MR) is 134 cm³/mol. The first kappa shape index (κ1) is 24.7. The smallest absolute Gasteiger partial charge is 0.339 e. The van der Waals surface area contributed by atoms with Crippen molar-refractivity contribution in [3.8, 4) is 5.75 Å². The zero-order valence-corrected chi connectivity index (χ0v) is 20.7. The van der Waals surface area contributed by atoms with E-state index in [9.17, 15) is 39.3 Å². The standard InChI is InChI=1S/C29H23NO9/c1-12-8-21(33)24-19(26(12)34)10-18-15(25(24)22-7-3-14(11-31)39-22)5-6-17-23(18)28(36)30(27(17)35)13-2-4-16(29(37)38)20(32)9-13/h2-5,7-9,17-18,23,25,31-32H,6,10-11H2,1H3,(H,37,38). The summed E-state index contributed by atoms with van der Waals surface area (Å²) in [5.41, 5.74) is 1.26. The molecule has 198 valence electrons. The molecule has 2 amide bonds. The Morgan fingerprint density at radius 1 is 1.08 bits per heavy atom. The lowest BCUT2D eigenvalue weighted by Gasteiger charge is -2.41. The Kier molecular flexibility index (Phi) is 5.55. The fourth-order valence-electron chi connectivity index (χ4n) is 6.44. The minimum atomic E-state index is -1.35. The summed E-state index contributed by atoms with van der Waals surface area (Å²) in [6.45, 7) is 1.21. The molecule has 3 N–H and O–H groups in total. The van der Waals surface area contributed by atoms with Gasteiger partial charge in [-0.3, -0.25) is 19.2 Å². The molecule has 0 spiro atoms. The molecule has 4 atom stereocenters. The molecule has 0 saturated carbocycles. The van der Waals surface area contributed by atoms with Crippen LogP contribution in [0.1, 0.15) is 47.6 Å². The zero-order chi connectivity index (χ0) is 27.7. The third-order valence-electron chi connectivity index (χ3n) is 8.15. The zero-order valence-electron chi connectivity index (χ0n) is 20.7. The number of carboxylic acid groups (broad SMARTS) is 1. The van der Waals surface area contributed by atoms with Crippen molar-refractivity contribution in [2.75, 3.05) is 4.90 Å². The van der Waals surface area contributed by atoms with E-state index in [0.717, 1.165) is 17.0 Å². The van der Waals surface area contributed by atoms with E-state index in [-0.39, 0.29) is 64.7 Å². The van der Waals surface area contributed by atoms with Gasteiger partial charge in [0.15, 0.2) is 11.6 Å². The number of aliphatic hydroxyl groups is 1. The van der Waals surface area contributed by atoms with Gasteiger partial charge < -0.3 is 19.7 Å². The lowest BCUT2D eigenvalue weighted by Crippen LogP contribution is -2.39. The number of aromatic hydroxyl groups is 1. The van der Waals surface area contributed by atoms with Crippen LogP contribution in [-0.4, -0.2) is 44.7 Å². The number of imide groups is 1. The van der Waals surface area contributed by atoms with Crippen molar-refractivity contribution in [2.45, 2.75) is 32.3 Å².